The van der Waals surface area contributed by atoms with Gasteiger partial charge in [-0.05, 0) is 61.1 Å². The number of nitrogens with one attached hydrogen (secondary N) is 1. The van der Waals surface area contributed by atoms with Gasteiger partial charge < -0.3 is 15.1 Å². The van der Waals surface area contributed by atoms with Gasteiger partial charge in [-0.2, -0.15) is 5.26 Å². The van der Waals surface area contributed by atoms with Crippen molar-refractivity contribution in [1.82, 2.24) is 4.90 Å². The zero-order valence-corrected chi connectivity index (χ0v) is 18.9. The first-order chi connectivity index (χ1) is 15.6. The molecule has 1 saturated heterocycles. The molecule has 0 unspecified atom stereocenters. The third kappa shape index (κ3) is 5.50. The minimum Gasteiger partial charge on any atom is -0.369 e. The quantitative estimate of drug-likeness (QED) is 0.553. The van der Waals surface area contributed by atoms with Gasteiger partial charge in [-0.15, -0.1) is 11.8 Å². The van der Waals surface area contributed by atoms with Gasteiger partial charge in [-0.25, -0.2) is 0 Å². The fraction of sp³-hybridized carbons (Fsp3) is 0.231. The van der Waals surface area contributed by atoms with Gasteiger partial charge in [0.1, 0.15) is 0 Å². The van der Waals surface area contributed by atoms with Gasteiger partial charge in [0.15, 0.2) is 0 Å². The number of thioether (sulfide) groups is 1. The fourth-order valence-corrected chi connectivity index (χ4v) is 4.64. The highest BCUT2D eigenvalue weighted by Crippen LogP contribution is 2.27. The topological polar surface area (TPSA) is 59.4 Å². The van der Waals surface area contributed by atoms with Gasteiger partial charge in [-0.1, -0.05) is 24.3 Å². The minimum absolute atomic E-state index is 0.111. The fourth-order valence-electron chi connectivity index (χ4n) is 3.64. The molecule has 1 fully saturated rings. The Morgan fingerprint density at radius 1 is 0.969 bits per heavy atom. The second-order valence-corrected chi connectivity index (χ2v) is 8.90. The van der Waals surface area contributed by atoms with Crippen molar-refractivity contribution in [3.63, 3.8) is 0 Å². The predicted octanol–water partition coefficient (Wildman–Crippen LogP) is 4.85. The standard InChI is InChI=1S/C26H26N4OS/c1-29-14-16-30(17-15-29)23-12-10-22(11-13-23)28-26(31)24-4-2-3-5-25(24)32-19-21-8-6-20(18-27)7-9-21/h2-13H,14-17,19H2,1H3,(H,28,31). The van der Waals surface area contributed by atoms with E-state index in [2.05, 4.69) is 40.4 Å². The summed E-state index contributed by atoms with van der Waals surface area (Å²) in [5.74, 6) is 0.621. The first-order valence-electron chi connectivity index (χ1n) is 10.7. The summed E-state index contributed by atoms with van der Waals surface area (Å²) in [6.07, 6.45) is 0. The predicted molar refractivity (Wildman–Crippen MR) is 131 cm³/mol. The van der Waals surface area contributed by atoms with E-state index in [0.717, 1.165) is 48.1 Å². The summed E-state index contributed by atoms with van der Waals surface area (Å²) in [5.41, 5.74) is 4.41. The van der Waals surface area contributed by atoms with Crippen LogP contribution >= 0.6 is 11.8 Å². The molecule has 1 heterocycles. The molecule has 1 aliphatic rings. The van der Waals surface area contributed by atoms with E-state index in [1.807, 2.05) is 60.7 Å². The van der Waals surface area contributed by atoms with Crippen LogP contribution in [0.2, 0.25) is 0 Å². The molecule has 0 aromatic heterocycles. The maximum absolute atomic E-state index is 13.0. The number of carbonyl (C=O) groups is 1. The molecule has 0 atom stereocenters. The van der Waals surface area contributed by atoms with E-state index in [4.69, 9.17) is 5.26 Å². The number of likely N-dealkylation sites (N-methyl/N-ethyl adjacent to an activating group) is 1. The Morgan fingerprint density at radius 3 is 2.34 bits per heavy atom. The smallest absolute Gasteiger partial charge is 0.256 e. The Labute approximate surface area is 193 Å². The SMILES string of the molecule is CN1CCN(c2ccc(NC(=O)c3ccccc3SCc3ccc(C#N)cc3)cc2)CC1. The average Bonchev–Trinajstić information content (AvgIpc) is 2.84. The van der Waals surface area contributed by atoms with Crippen molar-refractivity contribution in [2.45, 2.75) is 10.6 Å². The van der Waals surface area contributed by atoms with Crippen LogP contribution in [0.3, 0.4) is 0 Å². The highest BCUT2D eigenvalue weighted by molar-refractivity contribution is 7.98. The highest BCUT2D eigenvalue weighted by atomic mass is 32.2. The Kier molecular flexibility index (Phi) is 7.10. The summed E-state index contributed by atoms with van der Waals surface area (Å²) in [4.78, 5) is 18.6. The summed E-state index contributed by atoms with van der Waals surface area (Å²) in [6, 6.07) is 25.4. The molecule has 1 amide bonds. The van der Waals surface area contributed by atoms with E-state index in [1.165, 1.54) is 5.69 Å². The lowest BCUT2D eigenvalue weighted by Gasteiger charge is -2.34. The molecule has 162 valence electrons. The summed E-state index contributed by atoms with van der Waals surface area (Å²) >= 11 is 1.62. The number of hydrogen-bond acceptors (Lipinski definition) is 5. The number of rotatable bonds is 6. The highest BCUT2D eigenvalue weighted by Gasteiger charge is 2.15. The molecule has 0 spiro atoms. The van der Waals surface area contributed by atoms with E-state index < -0.39 is 0 Å². The lowest BCUT2D eigenvalue weighted by molar-refractivity contribution is 0.102. The summed E-state index contributed by atoms with van der Waals surface area (Å²) in [6.45, 7) is 4.17. The molecule has 1 aliphatic heterocycles. The Hall–Kier alpha value is -3.27. The van der Waals surface area contributed by atoms with Crippen LogP contribution in [-0.2, 0) is 5.75 Å². The number of hydrogen-bond donors (Lipinski definition) is 1. The molecule has 3 aromatic carbocycles. The van der Waals surface area contributed by atoms with Crippen molar-refractivity contribution < 1.29 is 4.79 Å². The average molecular weight is 443 g/mol. The van der Waals surface area contributed by atoms with Gasteiger partial charge in [0.25, 0.3) is 5.91 Å². The van der Waals surface area contributed by atoms with Crippen molar-refractivity contribution in [1.29, 1.82) is 5.26 Å². The minimum atomic E-state index is -0.111. The normalized spacial score (nSPS) is 14.1. The molecule has 6 heteroatoms. The van der Waals surface area contributed by atoms with E-state index in [0.29, 0.717) is 11.1 Å². The Balaban J connectivity index is 1.39. The maximum atomic E-state index is 13.0. The van der Waals surface area contributed by atoms with E-state index >= 15 is 0 Å². The van der Waals surface area contributed by atoms with E-state index in [-0.39, 0.29) is 5.91 Å². The number of amides is 1. The van der Waals surface area contributed by atoms with Crippen molar-refractivity contribution >= 4 is 29.0 Å². The number of benzene rings is 3. The molecular weight excluding hydrogens is 416 g/mol. The van der Waals surface area contributed by atoms with Crippen molar-refractivity contribution in [2.75, 3.05) is 43.4 Å². The van der Waals surface area contributed by atoms with Crippen molar-refractivity contribution in [2.24, 2.45) is 0 Å². The second-order valence-electron chi connectivity index (χ2n) is 7.88. The zero-order chi connectivity index (χ0) is 22.3. The molecule has 5 nitrogen and oxygen atoms in total. The molecule has 0 aliphatic carbocycles. The number of carbonyl (C=O) groups excluding carboxylic acids is 1. The van der Waals surface area contributed by atoms with Crippen LogP contribution < -0.4 is 10.2 Å². The van der Waals surface area contributed by atoms with Crippen LogP contribution in [0.4, 0.5) is 11.4 Å². The van der Waals surface area contributed by atoms with Crippen LogP contribution in [0.1, 0.15) is 21.5 Å². The first-order valence-corrected chi connectivity index (χ1v) is 11.7. The molecule has 3 aromatic rings. The summed E-state index contributed by atoms with van der Waals surface area (Å²) < 4.78 is 0. The van der Waals surface area contributed by atoms with Crippen molar-refractivity contribution in [3.8, 4) is 6.07 Å². The van der Waals surface area contributed by atoms with Gasteiger partial charge in [0, 0.05) is 48.2 Å². The summed E-state index contributed by atoms with van der Waals surface area (Å²) in [5, 5.41) is 12.0. The van der Waals surface area contributed by atoms with Gasteiger partial charge >= 0.3 is 0 Å². The van der Waals surface area contributed by atoms with E-state index in [1.54, 1.807) is 11.8 Å². The lowest BCUT2D eigenvalue weighted by atomic mass is 10.2. The summed E-state index contributed by atoms with van der Waals surface area (Å²) in [7, 11) is 2.15. The first kappa shape index (κ1) is 21.9. The third-order valence-electron chi connectivity index (χ3n) is 5.60. The molecule has 32 heavy (non-hydrogen) atoms. The molecule has 0 saturated carbocycles. The molecule has 1 N–H and O–H groups in total. The Morgan fingerprint density at radius 2 is 1.66 bits per heavy atom. The van der Waals surface area contributed by atoms with Gasteiger partial charge in [0.2, 0.25) is 0 Å². The van der Waals surface area contributed by atoms with Crippen LogP contribution in [0.5, 0.6) is 0 Å². The number of anilines is 2. The maximum Gasteiger partial charge on any atom is 0.256 e. The number of piperazine rings is 1. The second kappa shape index (κ2) is 10.4. The van der Waals surface area contributed by atoms with Crippen LogP contribution in [0.25, 0.3) is 0 Å². The molecule has 0 bridgehead atoms. The number of nitriles is 1. The van der Waals surface area contributed by atoms with Gasteiger partial charge in [0.05, 0.1) is 17.2 Å². The molecular formula is C26H26N4OS. The largest absolute Gasteiger partial charge is 0.369 e. The van der Waals surface area contributed by atoms with Crippen LogP contribution in [-0.4, -0.2) is 44.0 Å². The molecule has 4 rings (SSSR count). The lowest BCUT2D eigenvalue weighted by Crippen LogP contribution is -2.44. The van der Waals surface area contributed by atoms with Crippen molar-refractivity contribution in [3.05, 3.63) is 89.5 Å². The van der Waals surface area contributed by atoms with Crippen LogP contribution in [0.15, 0.2) is 77.7 Å². The van der Waals surface area contributed by atoms with Crippen LogP contribution in [0, 0.1) is 11.3 Å². The third-order valence-corrected chi connectivity index (χ3v) is 6.75. The molecule has 0 radical (unpaired) electrons. The van der Waals surface area contributed by atoms with E-state index in [9.17, 15) is 4.79 Å². The zero-order valence-electron chi connectivity index (χ0n) is 18.1. The van der Waals surface area contributed by atoms with Gasteiger partial charge in [-0.3, -0.25) is 4.79 Å². The number of nitrogens with zero attached hydrogens (tertiary/aromatic N) is 3. The Bertz CT molecular complexity index is 1100. The monoisotopic (exact) mass is 442 g/mol.